The van der Waals surface area contributed by atoms with Crippen LogP contribution in [-0.4, -0.2) is 62.9 Å². The van der Waals surface area contributed by atoms with Gasteiger partial charge in [-0.3, -0.25) is 9.59 Å². The number of rotatable bonds is 6. The molecule has 1 aliphatic rings. The van der Waals surface area contributed by atoms with Gasteiger partial charge in [0.05, 0.1) is 18.8 Å². The Morgan fingerprint density at radius 1 is 1.00 bits per heavy atom. The SMILES string of the molecule is CSc1ccccc1NC(=O)C[NH+]1CCC[NH+](CC(=O)NC(C)(C)C)CC1. The maximum absolute atomic E-state index is 12.5. The summed E-state index contributed by atoms with van der Waals surface area (Å²) in [5.41, 5.74) is 0.695. The largest absolute Gasteiger partial charge is 0.347 e. The molecule has 0 saturated carbocycles. The number of para-hydroxylation sites is 1. The molecule has 2 rings (SSSR count). The number of anilines is 1. The summed E-state index contributed by atoms with van der Waals surface area (Å²) in [4.78, 5) is 28.3. The first-order valence-electron chi connectivity index (χ1n) is 9.68. The van der Waals surface area contributed by atoms with Crippen LogP contribution in [0.5, 0.6) is 0 Å². The van der Waals surface area contributed by atoms with Crippen molar-refractivity contribution in [1.82, 2.24) is 5.32 Å². The summed E-state index contributed by atoms with van der Waals surface area (Å²) in [7, 11) is 0. The van der Waals surface area contributed by atoms with Gasteiger partial charge in [-0.2, -0.15) is 0 Å². The lowest BCUT2D eigenvalue weighted by molar-refractivity contribution is -0.930. The Hall–Kier alpha value is -1.57. The van der Waals surface area contributed by atoms with Gasteiger partial charge < -0.3 is 20.4 Å². The van der Waals surface area contributed by atoms with Crippen LogP contribution in [0.25, 0.3) is 0 Å². The summed E-state index contributed by atoms with van der Waals surface area (Å²) in [5.74, 6) is 0.160. The molecule has 1 aliphatic heterocycles. The minimum Gasteiger partial charge on any atom is -0.347 e. The number of thioether (sulfide) groups is 1. The Bertz CT molecular complexity index is 645. The van der Waals surface area contributed by atoms with E-state index in [0.29, 0.717) is 13.1 Å². The van der Waals surface area contributed by atoms with Crippen molar-refractivity contribution in [3.05, 3.63) is 24.3 Å². The molecule has 0 spiro atoms. The van der Waals surface area contributed by atoms with Gasteiger partial charge in [0.15, 0.2) is 13.1 Å². The number of benzene rings is 1. The zero-order valence-corrected chi connectivity index (χ0v) is 17.8. The van der Waals surface area contributed by atoms with Crippen molar-refractivity contribution in [2.45, 2.75) is 37.6 Å². The second-order valence-corrected chi connectivity index (χ2v) is 9.10. The summed E-state index contributed by atoms with van der Waals surface area (Å²) in [6, 6.07) is 7.89. The van der Waals surface area contributed by atoms with Crippen LogP contribution < -0.4 is 20.4 Å². The van der Waals surface area contributed by atoms with Gasteiger partial charge in [-0.25, -0.2) is 0 Å². The maximum Gasteiger partial charge on any atom is 0.279 e. The molecule has 0 aromatic heterocycles. The molecule has 2 atom stereocenters. The van der Waals surface area contributed by atoms with Gasteiger partial charge in [-0.1, -0.05) is 12.1 Å². The summed E-state index contributed by atoms with van der Waals surface area (Å²) in [6.45, 7) is 10.8. The molecular formula is C20H34N4O2S+2. The Morgan fingerprint density at radius 3 is 2.19 bits per heavy atom. The molecule has 150 valence electrons. The highest BCUT2D eigenvalue weighted by Gasteiger charge is 2.25. The molecule has 6 nitrogen and oxygen atoms in total. The van der Waals surface area contributed by atoms with E-state index in [0.717, 1.165) is 43.2 Å². The van der Waals surface area contributed by atoms with E-state index in [2.05, 4.69) is 10.6 Å². The first kappa shape index (κ1) is 21.7. The van der Waals surface area contributed by atoms with E-state index in [1.807, 2.05) is 51.3 Å². The first-order valence-corrected chi connectivity index (χ1v) is 10.9. The predicted molar refractivity (Wildman–Crippen MR) is 110 cm³/mol. The summed E-state index contributed by atoms with van der Waals surface area (Å²) in [5, 5.41) is 6.08. The predicted octanol–water partition coefficient (Wildman–Crippen LogP) is -0.565. The third kappa shape index (κ3) is 7.91. The van der Waals surface area contributed by atoms with Gasteiger partial charge in [-0.05, 0) is 39.2 Å². The molecule has 4 N–H and O–H groups in total. The highest BCUT2D eigenvalue weighted by molar-refractivity contribution is 7.98. The van der Waals surface area contributed by atoms with Crippen LogP contribution in [0.15, 0.2) is 29.2 Å². The van der Waals surface area contributed by atoms with Gasteiger partial charge in [-0.15, -0.1) is 11.8 Å². The molecule has 2 unspecified atom stereocenters. The Kier molecular flexibility index (Phi) is 8.13. The minimum absolute atomic E-state index is 0.0559. The number of hydrogen-bond donors (Lipinski definition) is 4. The summed E-state index contributed by atoms with van der Waals surface area (Å²) < 4.78 is 0. The van der Waals surface area contributed by atoms with Crippen LogP contribution in [0.2, 0.25) is 0 Å². The number of carbonyl (C=O) groups is 2. The molecule has 1 saturated heterocycles. The Labute approximate surface area is 167 Å². The Balaban J connectivity index is 1.80. The van der Waals surface area contributed by atoms with Crippen LogP contribution in [-0.2, 0) is 9.59 Å². The third-order valence-corrected chi connectivity index (χ3v) is 5.41. The van der Waals surface area contributed by atoms with E-state index in [4.69, 9.17) is 0 Å². The van der Waals surface area contributed by atoms with E-state index in [-0.39, 0.29) is 17.4 Å². The quantitative estimate of drug-likeness (QED) is 0.489. The molecule has 0 bridgehead atoms. The molecule has 1 aromatic carbocycles. The average Bonchev–Trinajstić information content (AvgIpc) is 2.78. The normalized spacial score (nSPS) is 20.6. The highest BCUT2D eigenvalue weighted by Crippen LogP contribution is 2.24. The lowest BCUT2D eigenvalue weighted by atomic mass is 10.1. The van der Waals surface area contributed by atoms with Crippen molar-refractivity contribution in [1.29, 1.82) is 0 Å². The smallest absolute Gasteiger partial charge is 0.279 e. The van der Waals surface area contributed by atoms with Crippen LogP contribution >= 0.6 is 11.8 Å². The van der Waals surface area contributed by atoms with Crippen molar-refractivity contribution < 1.29 is 19.4 Å². The molecule has 2 amide bonds. The van der Waals surface area contributed by atoms with E-state index in [1.165, 1.54) is 9.80 Å². The molecular weight excluding hydrogens is 360 g/mol. The molecule has 1 fully saturated rings. The molecule has 1 aromatic rings. The van der Waals surface area contributed by atoms with Gasteiger partial charge >= 0.3 is 0 Å². The number of amides is 2. The zero-order valence-electron chi connectivity index (χ0n) is 17.0. The van der Waals surface area contributed by atoms with Gasteiger partial charge in [0.25, 0.3) is 11.8 Å². The molecule has 1 heterocycles. The average molecular weight is 395 g/mol. The molecule has 0 aliphatic carbocycles. The fourth-order valence-corrected chi connectivity index (χ4v) is 3.96. The van der Waals surface area contributed by atoms with Crippen LogP contribution in [0, 0.1) is 0 Å². The molecule has 0 radical (unpaired) electrons. The van der Waals surface area contributed by atoms with Crippen molar-refractivity contribution in [3.8, 4) is 0 Å². The third-order valence-electron chi connectivity index (χ3n) is 4.61. The van der Waals surface area contributed by atoms with E-state index >= 15 is 0 Å². The fraction of sp³-hybridized carbons (Fsp3) is 0.600. The summed E-state index contributed by atoms with van der Waals surface area (Å²) >= 11 is 1.63. The first-order chi connectivity index (χ1) is 12.8. The molecule has 7 heteroatoms. The van der Waals surface area contributed by atoms with Gasteiger partial charge in [0, 0.05) is 16.9 Å². The lowest BCUT2D eigenvalue weighted by Crippen LogP contribution is -3.18. The zero-order chi connectivity index (χ0) is 19.9. The van der Waals surface area contributed by atoms with Gasteiger partial charge in [0.2, 0.25) is 0 Å². The van der Waals surface area contributed by atoms with Crippen LogP contribution in [0.1, 0.15) is 27.2 Å². The monoisotopic (exact) mass is 394 g/mol. The number of nitrogens with one attached hydrogen (secondary N) is 4. The standard InChI is InChI=1S/C20H32N4O2S/c1-20(2,3)22-19(26)15-24-11-7-10-23(12-13-24)14-18(25)21-16-8-5-6-9-17(16)27-4/h5-6,8-9H,7,10-15H2,1-4H3,(H,21,25)(H,22,26)/p+2. The number of quaternary nitrogens is 2. The number of hydrogen-bond acceptors (Lipinski definition) is 3. The maximum atomic E-state index is 12.5. The topological polar surface area (TPSA) is 67.1 Å². The van der Waals surface area contributed by atoms with E-state index in [1.54, 1.807) is 11.8 Å². The highest BCUT2D eigenvalue weighted by atomic mass is 32.2. The summed E-state index contributed by atoms with van der Waals surface area (Å²) in [6.07, 6.45) is 3.04. The van der Waals surface area contributed by atoms with Crippen molar-refractivity contribution >= 4 is 29.3 Å². The lowest BCUT2D eigenvalue weighted by Gasteiger charge is -2.22. The second kappa shape index (κ2) is 10.1. The van der Waals surface area contributed by atoms with E-state index < -0.39 is 0 Å². The molecule has 27 heavy (non-hydrogen) atoms. The Morgan fingerprint density at radius 2 is 1.59 bits per heavy atom. The number of carbonyl (C=O) groups excluding carboxylic acids is 2. The van der Waals surface area contributed by atoms with Crippen molar-refractivity contribution in [2.24, 2.45) is 0 Å². The van der Waals surface area contributed by atoms with E-state index in [9.17, 15) is 9.59 Å². The second-order valence-electron chi connectivity index (χ2n) is 8.25. The van der Waals surface area contributed by atoms with Crippen molar-refractivity contribution in [3.63, 3.8) is 0 Å². The van der Waals surface area contributed by atoms with Crippen LogP contribution in [0.4, 0.5) is 5.69 Å². The van der Waals surface area contributed by atoms with Crippen LogP contribution in [0.3, 0.4) is 0 Å². The minimum atomic E-state index is -0.190. The van der Waals surface area contributed by atoms with Gasteiger partial charge in [0.1, 0.15) is 13.1 Å². The van der Waals surface area contributed by atoms with Crippen molar-refractivity contribution in [2.75, 3.05) is 50.8 Å². The fourth-order valence-electron chi connectivity index (χ4n) is 3.40.